The lowest BCUT2D eigenvalue weighted by Crippen LogP contribution is -2.25. The van der Waals surface area contributed by atoms with Crippen LogP contribution in [0.15, 0.2) is 0 Å². The second kappa shape index (κ2) is 6.53. The molecule has 0 aromatic rings. The van der Waals surface area contributed by atoms with E-state index in [9.17, 15) is 4.79 Å². The number of carbonyl (C=O) groups is 1. The largest absolute Gasteiger partial charge is 0.356 e. The molecule has 0 fully saturated rings. The number of thioether (sulfide) groups is 1. The Kier molecular flexibility index (Phi) is 6.42. The summed E-state index contributed by atoms with van der Waals surface area (Å²) in [6.45, 7) is 6.88. The zero-order valence-electron chi connectivity index (χ0n) is 7.52. The summed E-state index contributed by atoms with van der Waals surface area (Å²) in [5, 5.41) is 3.23. The monoisotopic (exact) mass is 175 g/mol. The lowest BCUT2D eigenvalue weighted by Gasteiger charge is -2.08. The molecule has 3 heteroatoms. The Morgan fingerprint density at radius 3 is 2.64 bits per heavy atom. The highest BCUT2D eigenvalue weighted by Crippen LogP contribution is 2.12. The summed E-state index contributed by atoms with van der Waals surface area (Å²) < 4.78 is 0. The predicted molar refractivity (Wildman–Crippen MR) is 50.9 cm³/mol. The Bertz CT molecular complexity index is 117. The molecule has 2 nitrogen and oxygen atoms in total. The fourth-order valence-electron chi connectivity index (χ4n) is 0.874. The van der Waals surface area contributed by atoms with E-state index in [1.54, 1.807) is 0 Å². The van der Waals surface area contributed by atoms with Gasteiger partial charge in [-0.3, -0.25) is 4.79 Å². The van der Waals surface area contributed by atoms with Crippen molar-refractivity contribution >= 4 is 17.7 Å². The van der Waals surface area contributed by atoms with Gasteiger partial charge in [0.05, 0.1) is 0 Å². The first-order valence-corrected chi connectivity index (χ1v) is 5.13. The third-order valence-corrected chi connectivity index (χ3v) is 2.37. The van der Waals surface area contributed by atoms with Gasteiger partial charge >= 0.3 is 0 Å². The van der Waals surface area contributed by atoms with Crippen LogP contribution in [0.5, 0.6) is 0 Å². The highest BCUT2D eigenvalue weighted by molar-refractivity contribution is 7.99. The Morgan fingerprint density at radius 1 is 1.55 bits per heavy atom. The molecule has 0 aromatic heterocycles. The van der Waals surface area contributed by atoms with Crippen molar-refractivity contribution in [3.63, 3.8) is 0 Å². The van der Waals surface area contributed by atoms with E-state index in [0.29, 0.717) is 11.7 Å². The van der Waals surface area contributed by atoms with E-state index in [0.717, 1.165) is 12.3 Å². The summed E-state index contributed by atoms with van der Waals surface area (Å²) in [6.07, 6.45) is 0.645. The Morgan fingerprint density at radius 2 is 2.18 bits per heavy atom. The van der Waals surface area contributed by atoms with Gasteiger partial charge in [0.2, 0.25) is 5.91 Å². The molecule has 0 aliphatic heterocycles. The molecule has 1 N–H and O–H groups in total. The lowest BCUT2D eigenvalue weighted by molar-refractivity contribution is -0.120. The lowest BCUT2D eigenvalue weighted by atomic mass is 10.3. The minimum absolute atomic E-state index is 0.168. The van der Waals surface area contributed by atoms with Gasteiger partial charge in [0, 0.05) is 18.2 Å². The first-order chi connectivity index (χ1) is 5.20. The van der Waals surface area contributed by atoms with Gasteiger partial charge in [-0.25, -0.2) is 0 Å². The maximum absolute atomic E-state index is 11.0. The van der Waals surface area contributed by atoms with Crippen molar-refractivity contribution in [1.29, 1.82) is 0 Å². The molecule has 0 aliphatic carbocycles. The number of hydrogen-bond donors (Lipinski definition) is 1. The summed E-state index contributed by atoms with van der Waals surface area (Å²) >= 11 is 1.82. The maximum Gasteiger partial charge on any atom is 0.221 e. The maximum atomic E-state index is 11.0. The van der Waals surface area contributed by atoms with Crippen LogP contribution < -0.4 is 5.32 Å². The summed E-state index contributed by atoms with van der Waals surface area (Å²) in [4.78, 5) is 11.0. The van der Waals surface area contributed by atoms with Crippen LogP contribution in [0.2, 0.25) is 0 Å². The van der Waals surface area contributed by atoms with E-state index < -0.39 is 0 Å². The molecular formula is C8H17NOS. The minimum Gasteiger partial charge on any atom is -0.356 e. The Labute approximate surface area is 73.1 Å². The molecule has 0 aromatic carbocycles. The second-order valence-corrected chi connectivity index (χ2v) is 4.14. The first kappa shape index (κ1) is 10.8. The van der Waals surface area contributed by atoms with Crippen LogP contribution >= 0.6 is 11.8 Å². The van der Waals surface area contributed by atoms with Crippen LogP contribution in [0.4, 0.5) is 0 Å². The molecule has 0 saturated heterocycles. The van der Waals surface area contributed by atoms with Gasteiger partial charge in [-0.2, -0.15) is 11.8 Å². The van der Waals surface area contributed by atoms with E-state index >= 15 is 0 Å². The molecule has 0 saturated carbocycles. The fourth-order valence-corrected chi connectivity index (χ4v) is 1.71. The molecule has 1 amide bonds. The third kappa shape index (κ3) is 6.23. The summed E-state index contributed by atoms with van der Waals surface area (Å²) in [7, 11) is 0. The van der Waals surface area contributed by atoms with Crippen molar-refractivity contribution < 1.29 is 4.79 Å². The highest BCUT2D eigenvalue weighted by Gasteiger charge is 2.06. The van der Waals surface area contributed by atoms with Crippen LogP contribution in [0, 0.1) is 0 Å². The smallest absolute Gasteiger partial charge is 0.221 e. The molecule has 0 rings (SSSR count). The van der Waals surface area contributed by atoms with Crippen molar-refractivity contribution in [3.05, 3.63) is 0 Å². The molecule has 0 radical (unpaired) electrons. The van der Waals surface area contributed by atoms with E-state index in [1.807, 2.05) is 18.7 Å². The van der Waals surface area contributed by atoms with Gasteiger partial charge in [0.15, 0.2) is 0 Å². The Hall–Kier alpha value is -0.180. The average molecular weight is 175 g/mol. The van der Waals surface area contributed by atoms with Gasteiger partial charge in [0.25, 0.3) is 0 Å². The molecule has 1 atom stereocenters. The van der Waals surface area contributed by atoms with E-state index in [4.69, 9.17) is 0 Å². The van der Waals surface area contributed by atoms with E-state index in [-0.39, 0.29) is 5.91 Å². The third-order valence-electron chi connectivity index (χ3n) is 1.30. The molecule has 11 heavy (non-hydrogen) atoms. The minimum atomic E-state index is 0.168. The number of hydrogen-bond acceptors (Lipinski definition) is 2. The van der Waals surface area contributed by atoms with Crippen LogP contribution in [0.25, 0.3) is 0 Å². The number of rotatable bonds is 5. The average Bonchev–Trinajstić information content (AvgIpc) is 1.87. The molecule has 0 spiro atoms. The van der Waals surface area contributed by atoms with Crippen molar-refractivity contribution in [2.45, 2.75) is 32.4 Å². The van der Waals surface area contributed by atoms with Crippen molar-refractivity contribution in [2.24, 2.45) is 0 Å². The quantitative estimate of drug-likeness (QED) is 0.688. The van der Waals surface area contributed by atoms with Crippen LogP contribution in [-0.4, -0.2) is 23.5 Å². The topological polar surface area (TPSA) is 29.1 Å². The van der Waals surface area contributed by atoms with E-state index in [1.165, 1.54) is 0 Å². The fraction of sp³-hybridized carbons (Fsp3) is 0.875. The van der Waals surface area contributed by atoms with Crippen LogP contribution in [-0.2, 0) is 4.79 Å². The number of amides is 1. The summed E-state index contributed by atoms with van der Waals surface area (Å²) in [6, 6.07) is 0. The van der Waals surface area contributed by atoms with Gasteiger partial charge in [-0.15, -0.1) is 0 Å². The zero-order valence-corrected chi connectivity index (χ0v) is 8.33. The standard InChI is InChI=1S/C8H17NOS/c1-4-9-8(10)6-7(3)11-5-2/h7H,4-6H2,1-3H3,(H,9,10). The summed E-state index contributed by atoms with van der Waals surface area (Å²) in [5.74, 6) is 1.25. The Balaban J connectivity index is 3.40. The first-order valence-electron chi connectivity index (χ1n) is 4.09. The van der Waals surface area contributed by atoms with Gasteiger partial charge < -0.3 is 5.32 Å². The van der Waals surface area contributed by atoms with Crippen molar-refractivity contribution in [1.82, 2.24) is 5.32 Å². The second-order valence-electron chi connectivity index (χ2n) is 2.42. The van der Waals surface area contributed by atoms with Gasteiger partial charge in [0.1, 0.15) is 0 Å². The SMILES string of the molecule is CCNC(=O)CC(C)SCC. The summed E-state index contributed by atoms with van der Waals surface area (Å²) in [5.41, 5.74) is 0. The molecule has 0 aliphatic rings. The number of carbonyl (C=O) groups excluding carboxylic acids is 1. The van der Waals surface area contributed by atoms with E-state index in [2.05, 4.69) is 19.2 Å². The van der Waals surface area contributed by atoms with Crippen molar-refractivity contribution in [2.75, 3.05) is 12.3 Å². The van der Waals surface area contributed by atoms with Gasteiger partial charge in [-0.05, 0) is 12.7 Å². The van der Waals surface area contributed by atoms with Crippen LogP contribution in [0.3, 0.4) is 0 Å². The molecule has 0 bridgehead atoms. The highest BCUT2D eigenvalue weighted by atomic mass is 32.2. The molecule has 1 unspecified atom stereocenters. The van der Waals surface area contributed by atoms with Crippen molar-refractivity contribution in [3.8, 4) is 0 Å². The van der Waals surface area contributed by atoms with Crippen LogP contribution in [0.1, 0.15) is 27.2 Å². The zero-order chi connectivity index (χ0) is 8.69. The predicted octanol–water partition coefficient (Wildman–Crippen LogP) is 1.65. The van der Waals surface area contributed by atoms with Gasteiger partial charge in [-0.1, -0.05) is 13.8 Å². The molecule has 66 valence electrons. The number of nitrogens with one attached hydrogen (secondary N) is 1. The molecular weight excluding hydrogens is 158 g/mol. The normalized spacial score (nSPS) is 12.6. The molecule has 0 heterocycles.